The number of pyridine rings is 1. The molecule has 1 fully saturated rings. The maximum absolute atomic E-state index is 14.1. The molecule has 0 amide bonds. The maximum atomic E-state index is 14.1. The Labute approximate surface area is 139 Å². The normalized spacial score (nSPS) is 15.9. The second kappa shape index (κ2) is 6.55. The molecule has 0 unspecified atom stereocenters. The van der Waals surface area contributed by atoms with Crippen molar-refractivity contribution in [1.82, 2.24) is 9.29 Å². The summed E-state index contributed by atoms with van der Waals surface area (Å²) in [4.78, 5) is 5.78. The van der Waals surface area contributed by atoms with Crippen molar-refractivity contribution in [3.05, 3.63) is 54.1 Å². The summed E-state index contributed by atoms with van der Waals surface area (Å²) in [5, 5.41) is 8.79. The van der Waals surface area contributed by atoms with E-state index in [9.17, 15) is 12.8 Å². The van der Waals surface area contributed by atoms with Crippen LogP contribution in [0.1, 0.15) is 5.56 Å². The number of nitrogens with zero attached hydrogens (tertiary/aromatic N) is 4. The Balaban J connectivity index is 1.74. The molecule has 1 aliphatic heterocycles. The topological polar surface area (TPSA) is 77.3 Å². The minimum absolute atomic E-state index is 0.156. The van der Waals surface area contributed by atoms with E-state index in [0.717, 1.165) is 0 Å². The van der Waals surface area contributed by atoms with Crippen LogP contribution in [0, 0.1) is 17.1 Å². The monoisotopic (exact) mass is 346 g/mol. The van der Waals surface area contributed by atoms with Gasteiger partial charge in [0.05, 0.1) is 17.3 Å². The third kappa shape index (κ3) is 3.09. The van der Waals surface area contributed by atoms with Gasteiger partial charge in [-0.2, -0.15) is 9.57 Å². The first-order valence-corrected chi connectivity index (χ1v) is 8.81. The molecule has 1 saturated heterocycles. The molecule has 0 spiro atoms. The summed E-state index contributed by atoms with van der Waals surface area (Å²) in [7, 11) is -3.58. The third-order valence-electron chi connectivity index (χ3n) is 3.93. The SMILES string of the molecule is N#Cc1ccc(N2CCN(S(=O)(=O)c3cccnc3)CC2)c(F)c1. The summed E-state index contributed by atoms with van der Waals surface area (Å²) >= 11 is 0. The van der Waals surface area contributed by atoms with Gasteiger partial charge in [0, 0.05) is 38.6 Å². The minimum Gasteiger partial charge on any atom is -0.367 e. The van der Waals surface area contributed by atoms with E-state index >= 15 is 0 Å². The number of piperazine rings is 1. The summed E-state index contributed by atoms with van der Waals surface area (Å²) in [6.07, 6.45) is 2.84. The van der Waals surface area contributed by atoms with Crippen molar-refractivity contribution in [2.24, 2.45) is 0 Å². The Morgan fingerprint density at radius 2 is 1.92 bits per heavy atom. The molecule has 0 aliphatic carbocycles. The van der Waals surface area contributed by atoms with Crippen LogP contribution in [0.5, 0.6) is 0 Å². The number of benzene rings is 1. The van der Waals surface area contributed by atoms with Gasteiger partial charge in [-0.3, -0.25) is 4.98 Å². The van der Waals surface area contributed by atoms with Crippen LogP contribution >= 0.6 is 0 Å². The lowest BCUT2D eigenvalue weighted by molar-refractivity contribution is 0.383. The van der Waals surface area contributed by atoms with Gasteiger partial charge in [0.1, 0.15) is 10.7 Å². The van der Waals surface area contributed by atoms with Gasteiger partial charge in [0.25, 0.3) is 0 Å². The van der Waals surface area contributed by atoms with Crippen molar-refractivity contribution >= 4 is 15.7 Å². The highest BCUT2D eigenvalue weighted by atomic mass is 32.2. The number of halogens is 1. The van der Waals surface area contributed by atoms with Crippen molar-refractivity contribution in [2.45, 2.75) is 4.90 Å². The zero-order chi connectivity index (χ0) is 17.2. The molecular formula is C16H15FN4O2S. The Morgan fingerprint density at radius 3 is 2.50 bits per heavy atom. The van der Waals surface area contributed by atoms with Crippen molar-refractivity contribution in [2.75, 3.05) is 31.1 Å². The molecule has 0 radical (unpaired) electrons. The highest BCUT2D eigenvalue weighted by Crippen LogP contribution is 2.23. The fourth-order valence-corrected chi connectivity index (χ4v) is 4.04. The van der Waals surface area contributed by atoms with Crippen molar-refractivity contribution < 1.29 is 12.8 Å². The molecule has 0 atom stereocenters. The quantitative estimate of drug-likeness (QED) is 0.844. The lowest BCUT2D eigenvalue weighted by Gasteiger charge is -2.35. The Morgan fingerprint density at radius 1 is 1.17 bits per heavy atom. The lowest BCUT2D eigenvalue weighted by atomic mass is 10.2. The van der Waals surface area contributed by atoms with Crippen LogP contribution in [-0.2, 0) is 10.0 Å². The van der Waals surface area contributed by atoms with Gasteiger partial charge in [0.15, 0.2) is 0 Å². The van der Waals surface area contributed by atoms with Gasteiger partial charge < -0.3 is 4.90 Å². The summed E-state index contributed by atoms with van der Waals surface area (Å²) in [6.45, 7) is 1.28. The van der Waals surface area contributed by atoms with Crippen LogP contribution in [0.2, 0.25) is 0 Å². The molecule has 8 heteroatoms. The summed E-state index contributed by atoms with van der Waals surface area (Å²) in [6, 6.07) is 9.27. The molecule has 6 nitrogen and oxygen atoms in total. The van der Waals surface area contributed by atoms with E-state index in [1.807, 2.05) is 6.07 Å². The second-order valence-electron chi connectivity index (χ2n) is 5.36. The Bertz CT molecular complexity index is 873. The minimum atomic E-state index is -3.58. The molecule has 1 aromatic carbocycles. The number of rotatable bonds is 3. The van der Waals surface area contributed by atoms with E-state index in [4.69, 9.17) is 5.26 Å². The predicted molar refractivity (Wildman–Crippen MR) is 86.3 cm³/mol. The number of hydrogen-bond acceptors (Lipinski definition) is 5. The molecule has 124 valence electrons. The Kier molecular flexibility index (Phi) is 4.46. The highest BCUT2D eigenvalue weighted by Gasteiger charge is 2.29. The first kappa shape index (κ1) is 16.4. The molecule has 24 heavy (non-hydrogen) atoms. The molecule has 1 aliphatic rings. The molecule has 0 bridgehead atoms. The molecule has 0 N–H and O–H groups in total. The fraction of sp³-hybridized carbons (Fsp3) is 0.250. The van der Waals surface area contributed by atoms with Gasteiger partial charge in [-0.25, -0.2) is 12.8 Å². The van der Waals surface area contributed by atoms with Crippen molar-refractivity contribution in [1.29, 1.82) is 5.26 Å². The smallest absolute Gasteiger partial charge is 0.244 e. The highest BCUT2D eigenvalue weighted by molar-refractivity contribution is 7.89. The van der Waals surface area contributed by atoms with Crippen LogP contribution in [0.4, 0.5) is 10.1 Å². The fourth-order valence-electron chi connectivity index (χ4n) is 2.65. The molecule has 2 aromatic rings. The summed E-state index contributed by atoms with van der Waals surface area (Å²) < 4.78 is 40.5. The molecule has 2 heterocycles. The summed E-state index contributed by atoms with van der Waals surface area (Å²) in [5.41, 5.74) is 0.640. The van der Waals surface area contributed by atoms with Gasteiger partial charge in [-0.1, -0.05) is 0 Å². The first-order chi connectivity index (χ1) is 11.5. The summed E-state index contributed by atoms with van der Waals surface area (Å²) in [5.74, 6) is -0.474. The van der Waals surface area contributed by atoms with Gasteiger partial charge in [-0.05, 0) is 30.3 Å². The molecule has 3 rings (SSSR count). The van der Waals surface area contributed by atoms with E-state index in [1.165, 1.54) is 28.8 Å². The van der Waals surface area contributed by atoms with E-state index < -0.39 is 15.8 Å². The lowest BCUT2D eigenvalue weighted by Crippen LogP contribution is -2.48. The van der Waals surface area contributed by atoms with Crippen molar-refractivity contribution in [3.63, 3.8) is 0 Å². The van der Waals surface area contributed by atoms with E-state index in [1.54, 1.807) is 23.1 Å². The number of hydrogen-bond donors (Lipinski definition) is 0. The zero-order valence-corrected chi connectivity index (χ0v) is 13.6. The van der Waals surface area contributed by atoms with Crippen molar-refractivity contribution in [3.8, 4) is 6.07 Å². The largest absolute Gasteiger partial charge is 0.367 e. The van der Waals surface area contributed by atoms with E-state index in [0.29, 0.717) is 18.8 Å². The number of sulfonamides is 1. The number of anilines is 1. The van der Waals surface area contributed by atoms with Crippen LogP contribution in [-0.4, -0.2) is 43.9 Å². The zero-order valence-electron chi connectivity index (χ0n) is 12.8. The van der Waals surface area contributed by atoms with Gasteiger partial charge >= 0.3 is 0 Å². The van der Waals surface area contributed by atoms with E-state index in [2.05, 4.69) is 4.98 Å². The van der Waals surface area contributed by atoms with E-state index in [-0.39, 0.29) is 23.5 Å². The van der Waals surface area contributed by atoms with Gasteiger partial charge in [0.2, 0.25) is 10.0 Å². The maximum Gasteiger partial charge on any atom is 0.244 e. The number of nitriles is 1. The van der Waals surface area contributed by atoms with Crippen LogP contribution < -0.4 is 4.90 Å². The van der Waals surface area contributed by atoms with Gasteiger partial charge in [-0.15, -0.1) is 0 Å². The molecule has 0 saturated carbocycles. The average Bonchev–Trinajstić information content (AvgIpc) is 2.62. The van der Waals surface area contributed by atoms with Crippen LogP contribution in [0.3, 0.4) is 0 Å². The Hall–Kier alpha value is -2.50. The van der Waals surface area contributed by atoms with Crippen LogP contribution in [0.25, 0.3) is 0 Å². The predicted octanol–water partition coefficient (Wildman–Crippen LogP) is 1.60. The third-order valence-corrected chi connectivity index (χ3v) is 5.81. The molecule has 1 aromatic heterocycles. The second-order valence-corrected chi connectivity index (χ2v) is 7.30. The average molecular weight is 346 g/mol. The molecular weight excluding hydrogens is 331 g/mol. The number of aromatic nitrogens is 1. The first-order valence-electron chi connectivity index (χ1n) is 7.37. The standard InChI is InChI=1S/C16H15FN4O2S/c17-15-10-13(11-18)3-4-16(15)20-6-8-21(9-7-20)24(22,23)14-2-1-5-19-12-14/h1-5,10,12H,6-9H2. The van der Waals surface area contributed by atoms with Crippen LogP contribution in [0.15, 0.2) is 47.6 Å².